The molecular weight excluding hydrogens is 449 g/mol. The topological polar surface area (TPSA) is 70.7 Å². The minimum atomic E-state index is -0.479. The average molecular weight is 489 g/mol. The van der Waals surface area contributed by atoms with Crippen molar-refractivity contribution in [2.45, 2.75) is 64.9 Å². The van der Waals surface area contributed by atoms with Crippen molar-refractivity contribution in [1.29, 1.82) is 0 Å². The van der Waals surface area contributed by atoms with Gasteiger partial charge in [-0.3, -0.25) is 4.79 Å². The molecule has 0 atom stereocenters. The van der Waals surface area contributed by atoms with Gasteiger partial charge >= 0.3 is 6.09 Å². The van der Waals surface area contributed by atoms with Gasteiger partial charge in [0.15, 0.2) is 0 Å². The molecule has 32 heavy (non-hydrogen) atoms. The number of hydrogen-bond donors (Lipinski definition) is 2. The van der Waals surface area contributed by atoms with E-state index in [-0.39, 0.29) is 12.0 Å². The van der Waals surface area contributed by atoms with Crippen LogP contribution in [0.15, 0.2) is 24.3 Å². The number of ether oxygens (including phenoxy) is 1. The van der Waals surface area contributed by atoms with Gasteiger partial charge in [-0.05, 0) is 70.6 Å². The Morgan fingerprint density at radius 1 is 0.906 bits per heavy atom. The Hall–Kier alpha value is -1.66. The Morgan fingerprint density at radius 3 is 2.06 bits per heavy atom. The summed E-state index contributed by atoms with van der Waals surface area (Å²) in [7, 11) is 0. The molecule has 0 aliphatic heterocycles. The van der Waals surface area contributed by atoms with Crippen LogP contribution in [-0.4, -0.2) is 55.5 Å². The van der Waals surface area contributed by atoms with Crippen LogP contribution in [0.2, 0.25) is 0 Å². The fraction of sp³-hybridized carbons (Fsp3) is 0.667. The number of nitrogens with zero attached hydrogens (tertiary/aromatic N) is 1. The van der Waals surface area contributed by atoms with E-state index in [0.29, 0.717) is 31.3 Å². The number of nitrogens with one attached hydrogen (secondary N) is 2. The summed E-state index contributed by atoms with van der Waals surface area (Å²) >= 11 is 11.7. The van der Waals surface area contributed by atoms with Gasteiger partial charge in [-0.1, -0.05) is 12.1 Å². The van der Waals surface area contributed by atoms with Crippen molar-refractivity contribution in [2.24, 2.45) is 0 Å². The maximum atomic E-state index is 12.0. The second kappa shape index (κ2) is 16.0. The predicted octanol–water partition coefficient (Wildman–Crippen LogP) is 5.10. The Bertz CT molecular complexity index is 657. The highest BCUT2D eigenvalue weighted by atomic mass is 35.5. The number of aryl methyl sites for hydroxylation is 1. The summed E-state index contributed by atoms with van der Waals surface area (Å²) in [5.41, 5.74) is 1.86. The quantitative estimate of drug-likeness (QED) is 0.266. The van der Waals surface area contributed by atoms with Crippen molar-refractivity contribution in [1.82, 2.24) is 10.6 Å². The molecule has 0 heterocycles. The van der Waals surface area contributed by atoms with E-state index < -0.39 is 5.60 Å². The largest absolute Gasteiger partial charge is 0.444 e. The molecule has 0 aliphatic rings. The van der Waals surface area contributed by atoms with Gasteiger partial charge in [-0.2, -0.15) is 0 Å². The Kier molecular flexibility index (Phi) is 14.2. The monoisotopic (exact) mass is 487 g/mol. The van der Waals surface area contributed by atoms with E-state index in [1.807, 2.05) is 20.8 Å². The number of alkyl carbamates (subject to hydrolysis) is 1. The molecule has 0 spiro atoms. The molecule has 0 saturated carbocycles. The highest BCUT2D eigenvalue weighted by Crippen LogP contribution is 2.17. The van der Waals surface area contributed by atoms with Crippen molar-refractivity contribution < 1.29 is 14.3 Å². The fourth-order valence-electron chi connectivity index (χ4n) is 3.15. The van der Waals surface area contributed by atoms with Crippen LogP contribution in [0.3, 0.4) is 0 Å². The average Bonchev–Trinajstić information content (AvgIpc) is 2.72. The van der Waals surface area contributed by atoms with Crippen molar-refractivity contribution in [2.75, 3.05) is 42.8 Å². The SMILES string of the molecule is CC(C)(C)OC(=O)NCCCCCNC(=O)CCCc1ccc(N(CCCl)CCCl)cc1. The van der Waals surface area contributed by atoms with Crippen LogP contribution in [-0.2, 0) is 16.0 Å². The lowest BCUT2D eigenvalue weighted by Crippen LogP contribution is -2.33. The molecule has 0 bridgehead atoms. The van der Waals surface area contributed by atoms with E-state index in [4.69, 9.17) is 27.9 Å². The van der Waals surface area contributed by atoms with Crippen LogP contribution in [0, 0.1) is 0 Å². The molecule has 6 nitrogen and oxygen atoms in total. The zero-order valence-corrected chi connectivity index (χ0v) is 21.2. The molecule has 1 aromatic carbocycles. The molecule has 2 amide bonds. The lowest BCUT2D eigenvalue weighted by atomic mass is 10.1. The maximum Gasteiger partial charge on any atom is 0.407 e. The lowest BCUT2D eigenvalue weighted by Gasteiger charge is -2.23. The molecule has 182 valence electrons. The van der Waals surface area contributed by atoms with Gasteiger partial charge in [0.25, 0.3) is 0 Å². The lowest BCUT2D eigenvalue weighted by molar-refractivity contribution is -0.121. The third-order valence-corrected chi connectivity index (χ3v) is 5.06. The summed E-state index contributed by atoms with van der Waals surface area (Å²) in [6, 6.07) is 8.39. The van der Waals surface area contributed by atoms with E-state index in [1.165, 1.54) is 5.56 Å². The van der Waals surface area contributed by atoms with Gasteiger partial charge in [0, 0.05) is 50.0 Å². The number of alkyl halides is 2. The van der Waals surface area contributed by atoms with Crippen LogP contribution >= 0.6 is 23.2 Å². The number of carbonyl (C=O) groups excluding carboxylic acids is 2. The second-order valence-corrected chi connectivity index (χ2v) is 9.48. The Labute approximate surface area is 203 Å². The number of rotatable bonds is 15. The number of carbonyl (C=O) groups is 2. The minimum Gasteiger partial charge on any atom is -0.444 e. The first-order valence-corrected chi connectivity index (χ1v) is 12.5. The molecule has 0 saturated heterocycles. The van der Waals surface area contributed by atoms with Crippen LogP contribution in [0.1, 0.15) is 58.4 Å². The number of hydrogen-bond acceptors (Lipinski definition) is 4. The summed E-state index contributed by atoms with van der Waals surface area (Å²) in [6.07, 6.45) is 4.51. The Balaban J connectivity index is 2.12. The van der Waals surface area contributed by atoms with Gasteiger partial charge in [0.05, 0.1) is 0 Å². The van der Waals surface area contributed by atoms with Gasteiger partial charge < -0.3 is 20.3 Å². The van der Waals surface area contributed by atoms with Gasteiger partial charge in [0.1, 0.15) is 5.60 Å². The van der Waals surface area contributed by atoms with Crippen LogP contribution in [0.25, 0.3) is 0 Å². The molecule has 2 N–H and O–H groups in total. The Morgan fingerprint density at radius 2 is 1.50 bits per heavy atom. The molecule has 0 fully saturated rings. The molecule has 1 aromatic rings. The number of amides is 2. The normalized spacial score (nSPS) is 11.2. The molecule has 0 radical (unpaired) electrons. The van der Waals surface area contributed by atoms with Gasteiger partial charge in [0.2, 0.25) is 5.91 Å². The molecule has 0 aliphatic carbocycles. The summed E-state index contributed by atoms with van der Waals surface area (Å²) in [6.45, 7) is 8.31. The standard InChI is InChI=1S/C24H39Cl2N3O3/c1-24(2,3)32-23(31)28-17-6-4-5-16-27-22(30)9-7-8-20-10-12-21(13-11-20)29(18-14-25)19-15-26/h10-13H,4-9,14-19H2,1-3H3,(H,27,30)(H,28,31). The van der Waals surface area contributed by atoms with Gasteiger partial charge in [-0.15, -0.1) is 23.2 Å². The third-order valence-electron chi connectivity index (χ3n) is 4.72. The number of benzene rings is 1. The van der Waals surface area contributed by atoms with Crippen LogP contribution in [0.4, 0.5) is 10.5 Å². The van der Waals surface area contributed by atoms with E-state index in [2.05, 4.69) is 39.8 Å². The first-order valence-electron chi connectivity index (χ1n) is 11.4. The van der Waals surface area contributed by atoms with Crippen molar-refractivity contribution >= 4 is 40.9 Å². The second-order valence-electron chi connectivity index (χ2n) is 8.72. The molecular formula is C24H39Cl2N3O3. The molecule has 8 heteroatoms. The summed E-state index contributed by atoms with van der Waals surface area (Å²) in [4.78, 5) is 25.7. The zero-order valence-electron chi connectivity index (χ0n) is 19.7. The maximum absolute atomic E-state index is 12.0. The van der Waals surface area contributed by atoms with Crippen molar-refractivity contribution in [3.8, 4) is 0 Å². The summed E-state index contributed by atoms with van der Waals surface area (Å²) < 4.78 is 5.18. The van der Waals surface area contributed by atoms with E-state index in [9.17, 15) is 9.59 Å². The molecule has 0 unspecified atom stereocenters. The van der Waals surface area contributed by atoms with Crippen LogP contribution < -0.4 is 15.5 Å². The molecule has 1 rings (SSSR count). The highest BCUT2D eigenvalue weighted by molar-refractivity contribution is 6.18. The number of unbranched alkanes of at least 4 members (excludes halogenated alkanes) is 2. The minimum absolute atomic E-state index is 0.0869. The fourth-order valence-corrected chi connectivity index (χ4v) is 3.56. The van der Waals surface area contributed by atoms with E-state index >= 15 is 0 Å². The number of halogens is 2. The van der Waals surface area contributed by atoms with E-state index in [1.54, 1.807) is 0 Å². The van der Waals surface area contributed by atoms with Crippen LogP contribution in [0.5, 0.6) is 0 Å². The first kappa shape index (κ1) is 28.4. The smallest absolute Gasteiger partial charge is 0.407 e. The van der Waals surface area contributed by atoms with Crippen molar-refractivity contribution in [3.63, 3.8) is 0 Å². The zero-order chi connectivity index (χ0) is 23.8. The summed E-state index contributed by atoms with van der Waals surface area (Å²) in [5.74, 6) is 1.22. The predicted molar refractivity (Wildman–Crippen MR) is 134 cm³/mol. The van der Waals surface area contributed by atoms with Crippen molar-refractivity contribution in [3.05, 3.63) is 29.8 Å². The summed E-state index contributed by atoms with van der Waals surface area (Å²) in [5, 5.41) is 5.71. The van der Waals surface area contributed by atoms with Gasteiger partial charge in [-0.25, -0.2) is 4.79 Å². The highest BCUT2D eigenvalue weighted by Gasteiger charge is 2.15. The van der Waals surface area contributed by atoms with E-state index in [0.717, 1.165) is 50.9 Å². The first-order chi connectivity index (χ1) is 15.2. The molecule has 0 aromatic heterocycles. The number of anilines is 1. The third kappa shape index (κ3) is 13.7.